The first-order valence-electron chi connectivity index (χ1n) is 19.7. The number of ether oxygens (including phenoxy) is 2. The zero-order chi connectivity index (χ0) is 40.7. The predicted molar refractivity (Wildman–Crippen MR) is 212 cm³/mol. The molecule has 14 heteroatoms. The Balaban J connectivity index is 2.62. The van der Waals surface area contributed by atoms with Crippen molar-refractivity contribution in [3.8, 4) is 0 Å². The first-order valence-corrected chi connectivity index (χ1v) is 21.2. The average molecular weight is 799 g/mol. The molecule has 0 aromatic carbocycles. The van der Waals surface area contributed by atoms with Crippen molar-refractivity contribution in [2.24, 2.45) is 0 Å². The summed E-state index contributed by atoms with van der Waals surface area (Å²) in [5.41, 5.74) is 0. The van der Waals surface area contributed by atoms with Crippen LogP contribution in [0.1, 0.15) is 117 Å². The van der Waals surface area contributed by atoms with Gasteiger partial charge < -0.3 is 39.9 Å². The second-order valence-corrected chi connectivity index (χ2v) is 14.8. The van der Waals surface area contributed by atoms with E-state index >= 15 is 0 Å². The Morgan fingerprint density at radius 3 is 1.65 bits per heavy atom. The monoisotopic (exact) mass is 798 g/mol. The fourth-order valence-electron chi connectivity index (χ4n) is 5.34. The number of phosphoric ester groups is 1. The summed E-state index contributed by atoms with van der Waals surface area (Å²) in [4.78, 5) is 35.4. The standard InChI is InChI=1S/C41H67O13P/c1-3-5-7-9-11-13-15-16-17-18-20-22-24-26-28-30-35(43)53-33(31-51-34(42)29-27-25-23-21-19-14-12-10-8-6-4-2)32-52-55(49,50)54-41-39(47)37(45)36(44)38(46)40(41)48/h5,7,10-13,16-17,20,22,26,28,33,36-41,44-48H,3-4,6,8-9,14-15,18-19,21,23-25,27,29-32H2,1-2H3,(H,49,50)/b7-5-,12-10-,13-11-,17-16-,22-20-,28-26-. The molecule has 55 heavy (non-hydrogen) atoms. The van der Waals surface area contributed by atoms with E-state index < -0.39 is 75.7 Å². The van der Waals surface area contributed by atoms with E-state index in [9.17, 15) is 44.6 Å². The van der Waals surface area contributed by atoms with Crippen LogP contribution in [-0.2, 0) is 32.7 Å². The van der Waals surface area contributed by atoms with Crippen LogP contribution in [0, 0.1) is 0 Å². The molecule has 0 amide bonds. The van der Waals surface area contributed by atoms with Gasteiger partial charge in [0.15, 0.2) is 6.10 Å². The van der Waals surface area contributed by atoms with Gasteiger partial charge >= 0.3 is 19.8 Å². The van der Waals surface area contributed by atoms with Crippen LogP contribution in [-0.4, -0.2) is 98.3 Å². The number of esters is 2. The normalized spacial score (nSPS) is 23.9. The molecule has 0 aromatic heterocycles. The average Bonchev–Trinajstić information content (AvgIpc) is 3.16. The SMILES string of the molecule is CC/C=C\C/C=C\C/C=C\C/C=C\C/C=C\CC(=O)OC(COC(=O)CCCCCCC/C=C\CCCC)COP(=O)(O)OC1C(O)C(O)C(O)C(O)C1O. The third kappa shape index (κ3) is 24.5. The number of aliphatic hydroxyl groups excluding tert-OH is 5. The van der Waals surface area contributed by atoms with Crippen molar-refractivity contribution in [1.29, 1.82) is 0 Å². The molecule has 6 unspecified atom stereocenters. The van der Waals surface area contributed by atoms with Gasteiger partial charge in [-0.3, -0.25) is 18.6 Å². The maximum atomic E-state index is 12.7. The molecule has 1 aliphatic rings. The number of phosphoric acid groups is 1. The maximum absolute atomic E-state index is 12.7. The first-order chi connectivity index (χ1) is 26.4. The van der Waals surface area contributed by atoms with Gasteiger partial charge in [-0.05, 0) is 57.8 Å². The summed E-state index contributed by atoms with van der Waals surface area (Å²) in [5, 5.41) is 49.9. The van der Waals surface area contributed by atoms with Crippen molar-refractivity contribution in [1.82, 2.24) is 0 Å². The smallest absolute Gasteiger partial charge is 0.462 e. The van der Waals surface area contributed by atoms with E-state index in [1.807, 2.05) is 12.2 Å². The van der Waals surface area contributed by atoms with E-state index in [0.29, 0.717) is 12.8 Å². The summed E-state index contributed by atoms with van der Waals surface area (Å²) in [7, 11) is -5.14. The van der Waals surface area contributed by atoms with Crippen molar-refractivity contribution < 1.29 is 63.1 Å². The quantitative estimate of drug-likeness (QED) is 0.0202. The van der Waals surface area contributed by atoms with Crippen LogP contribution in [0.4, 0.5) is 0 Å². The molecule has 1 aliphatic carbocycles. The van der Waals surface area contributed by atoms with Gasteiger partial charge in [-0.1, -0.05) is 119 Å². The highest BCUT2D eigenvalue weighted by Gasteiger charge is 2.51. The fraction of sp³-hybridized carbons (Fsp3) is 0.659. The van der Waals surface area contributed by atoms with Crippen molar-refractivity contribution >= 4 is 19.8 Å². The van der Waals surface area contributed by atoms with Crippen molar-refractivity contribution in [3.63, 3.8) is 0 Å². The summed E-state index contributed by atoms with van der Waals surface area (Å²) >= 11 is 0. The van der Waals surface area contributed by atoms with Gasteiger partial charge in [0.2, 0.25) is 0 Å². The number of rotatable bonds is 30. The van der Waals surface area contributed by atoms with Crippen LogP contribution in [0.2, 0.25) is 0 Å². The van der Waals surface area contributed by atoms with E-state index in [4.69, 9.17) is 18.5 Å². The summed E-state index contributed by atoms with van der Waals surface area (Å²) in [6, 6.07) is 0. The van der Waals surface area contributed by atoms with Gasteiger partial charge in [-0.2, -0.15) is 0 Å². The minimum Gasteiger partial charge on any atom is -0.462 e. The lowest BCUT2D eigenvalue weighted by molar-refractivity contribution is -0.220. The molecule has 0 heterocycles. The largest absolute Gasteiger partial charge is 0.472 e. The Bertz CT molecular complexity index is 1240. The fourth-order valence-corrected chi connectivity index (χ4v) is 6.31. The van der Waals surface area contributed by atoms with E-state index in [1.165, 1.54) is 12.8 Å². The Kier molecular flexibility index (Phi) is 28.7. The number of aliphatic hydroxyl groups is 5. The van der Waals surface area contributed by atoms with Gasteiger partial charge in [0.1, 0.15) is 43.2 Å². The third-order valence-electron chi connectivity index (χ3n) is 8.56. The van der Waals surface area contributed by atoms with Crippen molar-refractivity contribution in [2.45, 2.75) is 159 Å². The number of carbonyl (C=O) groups excluding carboxylic acids is 2. The minimum atomic E-state index is -5.14. The second kappa shape index (κ2) is 31.4. The van der Waals surface area contributed by atoms with Gasteiger partial charge in [0, 0.05) is 6.42 Å². The Morgan fingerprint density at radius 2 is 1.09 bits per heavy atom. The number of allylic oxidation sites excluding steroid dienone is 11. The zero-order valence-electron chi connectivity index (χ0n) is 32.7. The van der Waals surface area contributed by atoms with Gasteiger partial charge in [0.25, 0.3) is 0 Å². The molecule has 0 radical (unpaired) electrons. The van der Waals surface area contributed by atoms with Crippen LogP contribution >= 0.6 is 7.82 Å². The maximum Gasteiger partial charge on any atom is 0.472 e. The van der Waals surface area contributed by atoms with Crippen LogP contribution < -0.4 is 0 Å². The van der Waals surface area contributed by atoms with Crippen molar-refractivity contribution in [3.05, 3.63) is 72.9 Å². The number of carbonyl (C=O) groups is 2. The van der Waals surface area contributed by atoms with E-state index in [0.717, 1.165) is 64.2 Å². The number of hydrogen-bond acceptors (Lipinski definition) is 12. The summed E-state index contributed by atoms with van der Waals surface area (Å²) in [6.07, 6.45) is 24.4. The highest BCUT2D eigenvalue weighted by Crippen LogP contribution is 2.47. The molecular weight excluding hydrogens is 731 g/mol. The van der Waals surface area contributed by atoms with Crippen molar-refractivity contribution in [2.75, 3.05) is 13.2 Å². The Morgan fingerprint density at radius 1 is 0.600 bits per heavy atom. The molecular formula is C41H67O13P. The van der Waals surface area contributed by atoms with E-state index in [1.54, 1.807) is 12.2 Å². The number of hydrogen-bond donors (Lipinski definition) is 6. The highest BCUT2D eigenvalue weighted by atomic mass is 31.2. The lowest BCUT2D eigenvalue weighted by Gasteiger charge is -2.41. The highest BCUT2D eigenvalue weighted by molar-refractivity contribution is 7.47. The van der Waals surface area contributed by atoms with Crippen LogP contribution in [0.5, 0.6) is 0 Å². The first kappa shape index (κ1) is 50.3. The molecule has 0 aromatic rings. The van der Waals surface area contributed by atoms with Crippen LogP contribution in [0.3, 0.4) is 0 Å². The van der Waals surface area contributed by atoms with Crippen LogP contribution in [0.15, 0.2) is 72.9 Å². The third-order valence-corrected chi connectivity index (χ3v) is 9.55. The zero-order valence-corrected chi connectivity index (χ0v) is 33.6. The van der Waals surface area contributed by atoms with Gasteiger partial charge in [-0.25, -0.2) is 4.57 Å². The summed E-state index contributed by atoms with van der Waals surface area (Å²) < 4.78 is 33.2. The topological polar surface area (TPSA) is 210 Å². The molecule has 13 nitrogen and oxygen atoms in total. The minimum absolute atomic E-state index is 0.133. The molecule has 6 N–H and O–H groups in total. The molecule has 0 bridgehead atoms. The van der Waals surface area contributed by atoms with E-state index in [2.05, 4.69) is 62.5 Å². The van der Waals surface area contributed by atoms with E-state index in [-0.39, 0.29) is 12.8 Å². The molecule has 0 spiro atoms. The Labute approximate surface area is 327 Å². The Hall–Kier alpha value is -2.71. The molecule has 0 saturated heterocycles. The van der Waals surface area contributed by atoms with Gasteiger partial charge in [0.05, 0.1) is 13.0 Å². The predicted octanol–water partition coefficient (Wildman–Crippen LogP) is 6.38. The second-order valence-electron chi connectivity index (χ2n) is 13.4. The van der Waals surface area contributed by atoms with Crippen LogP contribution in [0.25, 0.3) is 0 Å². The van der Waals surface area contributed by atoms with Gasteiger partial charge in [-0.15, -0.1) is 0 Å². The lowest BCUT2D eigenvalue weighted by Crippen LogP contribution is -2.64. The number of unbranched alkanes of at least 4 members (excludes halogenated alkanes) is 7. The molecule has 1 saturated carbocycles. The molecule has 1 fully saturated rings. The molecule has 0 aliphatic heterocycles. The summed E-state index contributed by atoms with van der Waals surface area (Å²) in [6.45, 7) is 3.01. The summed E-state index contributed by atoms with van der Waals surface area (Å²) in [5.74, 6) is -1.27. The molecule has 1 rings (SSSR count). The molecule has 314 valence electrons. The lowest BCUT2D eigenvalue weighted by atomic mass is 9.85. The molecule has 6 atom stereocenters.